The van der Waals surface area contributed by atoms with E-state index in [0.717, 1.165) is 5.56 Å². The molecule has 0 amide bonds. The van der Waals surface area contributed by atoms with Crippen LogP contribution in [0.1, 0.15) is 0 Å². The lowest BCUT2D eigenvalue weighted by Gasteiger charge is -2.03. The molecule has 5 heteroatoms. The molecule has 0 N–H and O–H groups in total. The third-order valence-electron chi connectivity index (χ3n) is 1.85. The van der Waals surface area contributed by atoms with Crippen molar-refractivity contribution in [3.63, 3.8) is 0 Å². The van der Waals surface area contributed by atoms with Gasteiger partial charge in [-0.3, -0.25) is 0 Å². The van der Waals surface area contributed by atoms with Crippen LogP contribution in [0, 0.1) is 0 Å². The molecule has 0 aliphatic heterocycles. The molecule has 76 valence electrons. The van der Waals surface area contributed by atoms with Gasteiger partial charge < -0.3 is 4.74 Å². The van der Waals surface area contributed by atoms with Crippen molar-refractivity contribution in [2.45, 2.75) is 0 Å². The zero-order valence-electron chi connectivity index (χ0n) is 8.01. The van der Waals surface area contributed by atoms with E-state index in [1.807, 2.05) is 6.07 Å². The van der Waals surface area contributed by atoms with Crippen LogP contribution in [-0.4, -0.2) is 22.1 Å². The SMILES string of the molecule is COc1nccc(-c2cccnc2Cl)n1. The lowest BCUT2D eigenvalue weighted by Crippen LogP contribution is -1.93. The van der Waals surface area contributed by atoms with Gasteiger partial charge in [0, 0.05) is 18.0 Å². The van der Waals surface area contributed by atoms with Crippen LogP contribution >= 0.6 is 11.6 Å². The van der Waals surface area contributed by atoms with Crippen LogP contribution in [0.15, 0.2) is 30.6 Å². The molecule has 15 heavy (non-hydrogen) atoms. The Morgan fingerprint density at radius 2 is 2.07 bits per heavy atom. The van der Waals surface area contributed by atoms with E-state index in [2.05, 4.69) is 15.0 Å². The summed E-state index contributed by atoms with van der Waals surface area (Å²) in [5, 5.41) is 0.415. The van der Waals surface area contributed by atoms with Crippen molar-refractivity contribution in [2.75, 3.05) is 7.11 Å². The fourth-order valence-electron chi connectivity index (χ4n) is 1.17. The molecule has 0 atom stereocenters. The van der Waals surface area contributed by atoms with Gasteiger partial charge >= 0.3 is 6.01 Å². The first-order chi connectivity index (χ1) is 7.31. The predicted molar refractivity (Wildman–Crippen MR) is 56.8 cm³/mol. The minimum absolute atomic E-state index is 0.312. The summed E-state index contributed by atoms with van der Waals surface area (Å²) in [5.74, 6) is 0. The zero-order valence-corrected chi connectivity index (χ0v) is 8.77. The van der Waals surface area contributed by atoms with Gasteiger partial charge in [0.15, 0.2) is 0 Å². The number of ether oxygens (including phenoxy) is 1. The van der Waals surface area contributed by atoms with Crippen LogP contribution in [0.5, 0.6) is 6.01 Å². The topological polar surface area (TPSA) is 47.9 Å². The average Bonchev–Trinajstić information content (AvgIpc) is 2.30. The number of nitrogens with zero attached hydrogens (tertiary/aromatic N) is 3. The van der Waals surface area contributed by atoms with E-state index in [0.29, 0.717) is 16.9 Å². The van der Waals surface area contributed by atoms with E-state index in [-0.39, 0.29) is 0 Å². The fraction of sp³-hybridized carbons (Fsp3) is 0.100. The maximum Gasteiger partial charge on any atom is 0.316 e. The molecule has 4 nitrogen and oxygen atoms in total. The number of hydrogen-bond donors (Lipinski definition) is 0. The number of aromatic nitrogens is 3. The van der Waals surface area contributed by atoms with Crippen LogP contribution in [0.4, 0.5) is 0 Å². The summed E-state index contributed by atoms with van der Waals surface area (Å²) in [7, 11) is 1.52. The third kappa shape index (κ3) is 2.05. The summed E-state index contributed by atoms with van der Waals surface area (Å²) in [5.41, 5.74) is 1.46. The molecule has 2 aromatic heterocycles. The number of hydrogen-bond acceptors (Lipinski definition) is 4. The highest BCUT2D eigenvalue weighted by atomic mass is 35.5. The molecular formula is C10H8ClN3O. The van der Waals surface area contributed by atoms with Gasteiger partial charge in [-0.25, -0.2) is 9.97 Å². The third-order valence-corrected chi connectivity index (χ3v) is 2.15. The van der Waals surface area contributed by atoms with Crippen LogP contribution in [0.3, 0.4) is 0 Å². The second-order valence-corrected chi connectivity index (χ2v) is 3.13. The lowest BCUT2D eigenvalue weighted by atomic mass is 10.2. The summed E-state index contributed by atoms with van der Waals surface area (Å²) >= 11 is 5.94. The van der Waals surface area contributed by atoms with Gasteiger partial charge in [-0.2, -0.15) is 4.98 Å². The number of halogens is 1. The molecule has 0 unspecified atom stereocenters. The van der Waals surface area contributed by atoms with E-state index >= 15 is 0 Å². The first-order valence-corrected chi connectivity index (χ1v) is 4.67. The Morgan fingerprint density at radius 1 is 1.20 bits per heavy atom. The quantitative estimate of drug-likeness (QED) is 0.730. The van der Waals surface area contributed by atoms with Gasteiger partial charge in [-0.15, -0.1) is 0 Å². The first-order valence-electron chi connectivity index (χ1n) is 4.29. The molecule has 0 saturated heterocycles. The minimum atomic E-state index is 0.312. The van der Waals surface area contributed by atoms with Gasteiger partial charge in [0.05, 0.1) is 12.8 Å². The molecular weight excluding hydrogens is 214 g/mol. The van der Waals surface area contributed by atoms with Crippen molar-refractivity contribution < 1.29 is 4.74 Å². The van der Waals surface area contributed by atoms with Crippen molar-refractivity contribution in [3.05, 3.63) is 35.7 Å². The number of rotatable bonds is 2. The van der Waals surface area contributed by atoms with Crippen molar-refractivity contribution in [2.24, 2.45) is 0 Å². The standard InChI is InChI=1S/C10H8ClN3O/c1-15-10-13-6-4-8(14-10)7-3-2-5-12-9(7)11/h2-6H,1H3. The summed E-state index contributed by atoms with van der Waals surface area (Å²) in [4.78, 5) is 12.1. The summed E-state index contributed by atoms with van der Waals surface area (Å²) in [6, 6.07) is 5.71. The fourth-order valence-corrected chi connectivity index (χ4v) is 1.38. The van der Waals surface area contributed by atoms with Crippen LogP contribution in [0.2, 0.25) is 5.15 Å². The van der Waals surface area contributed by atoms with E-state index in [1.54, 1.807) is 24.5 Å². The highest BCUT2D eigenvalue weighted by Crippen LogP contribution is 2.24. The number of pyridine rings is 1. The zero-order chi connectivity index (χ0) is 10.7. The van der Waals surface area contributed by atoms with E-state index in [1.165, 1.54) is 7.11 Å². The van der Waals surface area contributed by atoms with Gasteiger partial charge in [-0.05, 0) is 18.2 Å². The second-order valence-electron chi connectivity index (χ2n) is 2.77. The average molecular weight is 222 g/mol. The molecule has 0 aromatic carbocycles. The smallest absolute Gasteiger partial charge is 0.316 e. The minimum Gasteiger partial charge on any atom is -0.467 e. The van der Waals surface area contributed by atoms with E-state index in [9.17, 15) is 0 Å². The number of methoxy groups -OCH3 is 1. The van der Waals surface area contributed by atoms with Gasteiger partial charge in [-0.1, -0.05) is 11.6 Å². The first kappa shape index (κ1) is 9.86. The largest absolute Gasteiger partial charge is 0.467 e. The summed E-state index contributed by atoms with van der Waals surface area (Å²) in [6.07, 6.45) is 3.24. The normalized spacial score (nSPS) is 10.0. The molecule has 2 aromatic rings. The molecule has 0 radical (unpaired) electrons. The highest BCUT2D eigenvalue weighted by molar-refractivity contribution is 6.31. The molecule has 0 bridgehead atoms. The molecule has 0 aliphatic rings. The predicted octanol–water partition coefficient (Wildman–Crippen LogP) is 2.20. The molecule has 2 heterocycles. The van der Waals surface area contributed by atoms with Gasteiger partial charge in [0.2, 0.25) is 0 Å². The second kappa shape index (κ2) is 4.23. The Bertz CT molecular complexity index is 476. The van der Waals surface area contributed by atoms with Crippen molar-refractivity contribution in [1.82, 2.24) is 15.0 Å². The maximum absolute atomic E-state index is 5.94. The molecule has 0 spiro atoms. The monoisotopic (exact) mass is 221 g/mol. The highest BCUT2D eigenvalue weighted by Gasteiger charge is 2.06. The van der Waals surface area contributed by atoms with Gasteiger partial charge in [0.1, 0.15) is 5.15 Å². The van der Waals surface area contributed by atoms with E-state index in [4.69, 9.17) is 16.3 Å². The Balaban J connectivity index is 2.49. The van der Waals surface area contributed by atoms with Crippen molar-refractivity contribution in [1.29, 1.82) is 0 Å². The summed E-state index contributed by atoms with van der Waals surface area (Å²) < 4.78 is 4.93. The van der Waals surface area contributed by atoms with Crippen LogP contribution in [0.25, 0.3) is 11.3 Å². The van der Waals surface area contributed by atoms with Crippen molar-refractivity contribution in [3.8, 4) is 17.3 Å². The molecule has 0 aliphatic carbocycles. The Morgan fingerprint density at radius 3 is 2.80 bits per heavy atom. The molecule has 2 rings (SSSR count). The Hall–Kier alpha value is -1.68. The van der Waals surface area contributed by atoms with E-state index < -0.39 is 0 Å². The molecule has 0 saturated carbocycles. The van der Waals surface area contributed by atoms with Gasteiger partial charge in [0.25, 0.3) is 0 Å². The lowest BCUT2D eigenvalue weighted by molar-refractivity contribution is 0.380. The Labute approximate surface area is 91.9 Å². The Kier molecular flexibility index (Phi) is 2.78. The molecule has 0 fully saturated rings. The summed E-state index contributed by atoms with van der Waals surface area (Å²) in [6.45, 7) is 0. The van der Waals surface area contributed by atoms with Crippen molar-refractivity contribution >= 4 is 11.6 Å². The maximum atomic E-state index is 5.94. The van der Waals surface area contributed by atoms with Crippen LogP contribution < -0.4 is 4.74 Å². The van der Waals surface area contributed by atoms with Crippen LogP contribution in [-0.2, 0) is 0 Å².